The van der Waals surface area contributed by atoms with Gasteiger partial charge >= 0.3 is 5.97 Å². The molecule has 1 aliphatic rings. The molecule has 2 rings (SSSR count). The smallest absolute Gasteiger partial charge is 0.338 e. The van der Waals surface area contributed by atoms with Crippen LogP contribution in [0, 0.1) is 12.8 Å². The average Bonchev–Trinajstić information content (AvgIpc) is 2.50. The molecule has 1 aromatic rings. The van der Waals surface area contributed by atoms with Gasteiger partial charge in [0.15, 0.2) is 0 Å². The lowest BCUT2D eigenvalue weighted by atomic mass is 9.97. The zero-order valence-corrected chi connectivity index (χ0v) is 14.6. The van der Waals surface area contributed by atoms with Gasteiger partial charge in [0.2, 0.25) is 10.0 Å². The van der Waals surface area contributed by atoms with Gasteiger partial charge in [0, 0.05) is 6.04 Å². The van der Waals surface area contributed by atoms with E-state index >= 15 is 0 Å². The van der Waals surface area contributed by atoms with E-state index in [4.69, 9.17) is 4.74 Å². The lowest BCUT2D eigenvalue weighted by Crippen LogP contribution is -2.48. The molecule has 1 aliphatic heterocycles. The van der Waals surface area contributed by atoms with Crippen LogP contribution in [0.15, 0.2) is 23.1 Å². The minimum absolute atomic E-state index is 0.105. The third-order valence-corrected chi connectivity index (χ3v) is 5.71. The van der Waals surface area contributed by atoms with Crippen molar-refractivity contribution in [3.05, 3.63) is 29.3 Å². The van der Waals surface area contributed by atoms with E-state index in [0.717, 1.165) is 19.5 Å². The maximum absolute atomic E-state index is 12.7. The fourth-order valence-corrected chi connectivity index (χ4v) is 4.33. The summed E-state index contributed by atoms with van der Waals surface area (Å²) in [5.74, 6) is -0.300. The monoisotopic (exact) mass is 340 g/mol. The van der Waals surface area contributed by atoms with Gasteiger partial charge in [0.25, 0.3) is 0 Å². The maximum atomic E-state index is 12.7. The third-order valence-electron chi connectivity index (χ3n) is 4.08. The molecule has 2 N–H and O–H groups in total. The zero-order chi connectivity index (χ0) is 17.0. The number of nitrogens with one attached hydrogen (secondary N) is 2. The van der Waals surface area contributed by atoms with Crippen LogP contribution in [0.4, 0.5) is 0 Å². The molecule has 23 heavy (non-hydrogen) atoms. The second-order valence-electron chi connectivity index (χ2n) is 5.90. The predicted molar refractivity (Wildman–Crippen MR) is 87.9 cm³/mol. The van der Waals surface area contributed by atoms with Crippen LogP contribution in [-0.4, -0.2) is 40.1 Å². The summed E-state index contributed by atoms with van der Waals surface area (Å²) in [6, 6.07) is 4.50. The number of piperidine rings is 1. The van der Waals surface area contributed by atoms with Gasteiger partial charge in [0.1, 0.15) is 0 Å². The predicted octanol–water partition coefficient (Wildman–Crippen LogP) is 1.45. The van der Waals surface area contributed by atoms with Crippen molar-refractivity contribution in [3.63, 3.8) is 0 Å². The molecule has 1 aromatic carbocycles. The number of rotatable bonds is 5. The Morgan fingerprint density at radius 1 is 1.43 bits per heavy atom. The number of benzene rings is 1. The Morgan fingerprint density at radius 3 is 2.83 bits per heavy atom. The molecule has 128 valence electrons. The van der Waals surface area contributed by atoms with Crippen LogP contribution in [-0.2, 0) is 14.8 Å². The van der Waals surface area contributed by atoms with Crippen molar-refractivity contribution < 1.29 is 17.9 Å². The molecule has 0 bridgehead atoms. The molecule has 7 heteroatoms. The van der Waals surface area contributed by atoms with Gasteiger partial charge in [-0.2, -0.15) is 0 Å². The van der Waals surface area contributed by atoms with Crippen LogP contribution < -0.4 is 10.0 Å². The van der Waals surface area contributed by atoms with Gasteiger partial charge in [0.05, 0.1) is 17.1 Å². The Labute approximate surface area is 137 Å². The van der Waals surface area contributed by atoms with E-state index in [-0.39, 0.29) is 29.0 Å². The fraction of sp³-hybridized carbons (Fsp3) is 0.562. The highest BCUT2D eigenvalue weighted by molar-refractivity contribution is 7.89. The summed E-state index contributed by atoms with van der Waals surface area (Å²) < 4.78 is 33.2. The number of hydrogen-bond donors (Lipinski definition) is 2. The van der Waals surface area contributed by atoms with Crippen molar-refractivity contribution in [2.75, 3.05) is 19.7 Å². The largest absolute Gasteiger partial charge is 0.462 e. The fourth-order valence-electron chi connectivity index (χ4n) is 2.68. The zero-order valence-electron chi connectivity index (χ0n) is 13.8. The topological polar surface area (TPSA) is 84.5 Å². The van der Waals surface area contributed by atoms with E-state index < -0.39 is 16.0 Å². The van der Waals surface area contributed by atoms with Crippen molar-refractivity contribution in [1.29, 1.82) is 0 Å². The molecular formula is C16H24N2O4S. The summed E-state index contributed by atoms with van der Waals surface area (Å²) in [6.07, 6.45) is 0.747. The second kappa shape index (κ2) is 7.42. The van der Waals surface area contributed by atoms with E-state index in [2.05, 4.69) is 10.0 Å². The minimum Gasteiger partial charge on any atom is -0.462 e. The molecule has 0 radical (unpaired) electrons. The van der Waals surface area contributed by atoms with Gasteiger partial charge in [-0.1, -0.05) is 13.0 Å². The number of aryl methyl sites for hydroxylation is 1. The number of esters is 1. The van der Waals surface area contributed by atoms with Gasteiger partial charge in [-0.05, 0) is 57.0 Å². The quantitative estimate of drug-likeness (QED) is 0.793. The molecule has 1 saturated heterocycles. The van der Waals surface area contributed by atoms with Crippen LogP contribution in [0.5, 0.6) is 0 Å². The Kier molecular flexibility index (Phi) is 5.78. The summed E-state index contributed by atoms with van der Waals surface area (Å²) in [5.41, 5.74) is 0.850. The number of sulfonamides is 1. The number of ether oxygens (including phenoxy) is 1. The lowest BCUT2D eigenvalue weighted by Gasteiger charge is -2.30. The molecule has 2 atom stereocenters. The van der Waals surface area contributed by atoms with Crippen molar-refractivity contribution in [3.8, 4) is 0 Å². The van der Waals surface area contributed by atoms with Crippen molar-refractivity contribution in [2.45, 2.75) is 38.1 Å². The second-order valence-corrected chi connectivity index (χ2v) is 7.58. The van der Waals surface area contributed by atoms with Crippen molar-refractivity contribution in [2.24, 2.45) is 5.92 Å². The van der Waals surface area contributed by atoms with Crippen LogP contribution in [0.3, 0.4) is 0 Å². The molecule has 0 amide bonds. The first-order valence-electron chi connectivity index (χ1n) is 7.86. The van der Waals surface area contributed by atoms with Crippen molar-refractivity contribution >= 4 is 16.0 Å². The summed E-state index contributed by atoms with van der Waals surface area (Å²) in [4.78, 5) is 12.0. The Morgan fingerprint density at radius 2 is 2.17 bits per heavy atom. The van der Waals surface area contributed by atoms with E-state index in [9.17, 15) is 13.2 Å². The highest BCUT2D eigenvalue weighted by Gasteiger charge is 2.28. The summed E-state index contributed by atoms with van der Waals surface area (Å²) in [7, 11) is -3.68. The Bertz CT molecular complexity index is 673. The Hall–Kier alpha value is -1.44. The standard InChI is InChI=1S/C16H24N2O4S/c1-4-22-16(19)13-6-5-11(2)15(9-13)23(20,21)18-14-7-8-17-10-12(14)3/h5-6,9,12,14,17-18H,4,7-8,10H2,1-3H3. The molecule has 0 saturated carbocycles. The molecular weight excluding hydrogens is 316 g/mol. The highest BCUT2D eigenvalue weighted by Crippen LogP contribution is 2.20. The Balaban J connectivity index is 2.27. The lowest BCUT2D eigenvalue weighted by molar-refractivity contribution is 0.0526. The first-order valence-corrected chi connectivity index (χ1v) is 9.34. The average molecular weight is 340 g/mol. The van der Waals surface area contributed by atoms with E-state index in [0.29, 0.717) is 5.56 Å². The summed E-state index contributed by atoms with van der Waals surface area (Å²) >= 11 is 0. The summed E-state index contributed by atoms with van der Waals surface area (Å²) in [5, 5.41) is 3.24. The normalized spacial score (nSPS) is 21.9. The highest BCUT2D eigenvalue weighted by atomic mass is 32.2. The number of hydrogen-bond acceptors (Lipinski definition) is 5. The molecule has 1 heterocycles. The van der Waals surface area contributed by atoms with E-state index in [1.807, 2.05) is 6.92 Å². The molecule has 6 nitrogen and oxygen atoms in total. The SMILES string of the molecule is CCOC(=O)c1ccc(C)c(S(=O)(=O)NC2CCNCC2C)c1. The molecule has 0 aromatic heterocycles. The van der Waals surface area contributed by atoms with Gasteiger partial charge < -0.3 is 10.1 Å². The minimum atomic E-state index is -3.68. The summed E-state index contributed by atoms with van der Waals surface area (Å²) in [6.45, 7) is 7.27. The van der Waals surface area contributed by atoms with Gasteiger partial charge in [-0.3, -0.25) is 0 Å². The van der Waals surface area contributed by atoms with Crippen LogP contribution in [0.25, 0.3) is 0 Å². The molecule has 1 fully saturated rings. The van der Waals surface area contributed by atoms with Crippen molar-refractivity contribution in [1.82, 2.24) is 10.0 Å². The molecule has 0 spiro atoms. The number of carbonyl (C=O) groups excluding carboxylic acids is 1. The van der Waals surface area contributed by atoms with Gasteiger partial charge in [-0.25, -0.2) is 17.9 Å². The first-order chi connectivity index (χ1) is 10.8. The maximum Gasteiger partial charge on any atom is 0.338 e. The van der Waals surface area contributed by atoms with Gasteiger partial charge in [-0.15, -0.1) is 0 Å². The molecule has 0 aliphatic carbocycles. The third kappa shape index (κ3) is 4.31. The van der Waals surface area contributed by atoms with Crippen LogP contribution in [0.1, 0.15) is 36.2 Å². The number of carbonyl (C=O) groups is 1. The van der Waals surface area contributed by atoms with Crippen LogP contribution in [0.2, 0.25) is 0 Å². The van der Waals surface area contributed by atoms with Crippen LogP contribution >= 0.6 is 0 Å². The first kappa shape index (κ1) is 17.9. The van der Waals surface area contributed by atoms with E-state index in [1.165, 1.54) is 6.07 Å². The van der Waals surface area contributed by atoms with E-state index in [1.54, 1.807) is 26.0 Å². The molecule has 2 unspecified atom stereocenters.